The molecule has 1 rings (SSSR count). The third-order valence-corrected chi connectivity index (χ3v) is 3.54. The zero-order valence-electron chi connectivity index (χ0n) is 9.59. The highest BCUT2D eigenvalue weighted by Gasteiger charge is 2.42. The minimum absolute atomic E-state index is 0.339. The zero-order chi connectivity index (χ0) is 13.9. The van der Waals surface area contributed by atoms with Crippen molar-refractivity contribution < 1.29 is 13.2 Å². The SMILES string of the molecule is CN(Cc1ccc(Cl)s1)CC(C(=N)N)C(F)(F)F. The molecule has 0 aromatic carbocycles. The molecule has 0 saturated carbocycles. The number of nitrogens with zero attached hydrogens (tertiary/aromatic N) is 1. The molecule has 18 heavy (non-hydrogen) atoms. The first-order valence-corrected chi connectivity index (χ1v) is 6.23. The van der Waals surface area contributed by atoms with Crippen LogP contribution in [0.5, 0.6) is 0 Å². The van der Waals surface area contributed by atoms with Crippen LogP contribution in [0, 0.1) is 11.3 Å². The maximum atomic E-state index is 12.6. The second-order valence-electron chi connectivity index (χ2n) is 3.95. The van der Waals surface area contributed by atoms with Crippen LogP contribution in [-0.2, 0) is 6.54 Å². The summed E-state index contributed by atoms with van der Waals surface area (Å²) in [6, 6.07) is 3.46. The highest BCUT2D eigenvalue weighted by Crippen LogP contribution is 2.28. The lowest BCUT2D eigenvalue weighted by Gasteiger charge is -2.24. The predicted molar refractivity (Wildman–Crippen MR) is 67.1 cm³/mol. The fourth-order valence-electron chi connectivity index (χ4n) is 1.46. The summed E-state index contributed by atoms with van der Waals surface area (Å²) in [6.45, 7) is 0.00555. The fraction of sp³-hybridized carbons (Fsp3) is 0.500. The molecule has 0 amide bonds. The number of thiophene rings is 1. The second-order valence-corrected chi connectivity index (χ2v) is 5.75. The van der Waals surface area contributed by atoms with E-state index in [1.165, 1.54) is 16.2 Å². The second kappa shape index (κ2) is 5.90. The van der Waals surface area contributed by atoms with Crippen LogP contribution in [0.4, 0.5) is 13.2 Å². The van der Waals surface area contributed by atoms with Gasteiger partial charge in [-0.25, -0.2) is 0 Å². The van der Waals surface area contributed by atoms with Crippen LogP contribution in [0.15, 0.2) is 12.1 Å². The van der Waals surface area contributed by atoms with Gasteiger partial charge in [0.1, 0.15) is 11.8 Å². The van der Waals surface area contributed by atoms with Crippen molar-refractivity contribution in [1.82, 2.24) is 4.90 Å². The van der Waals surface area contributed by atoms with Gasteiger partial charge in [-0.2, -0.15) is 13.2 Å². The Morgan fingerprint density at radius 1 is 1.56 bits per heavy atom. The molecule has 1 atom stereocenters. The number of nitrogens with two attached hydrogens (primary N) is 1. The lowest BCUT2D eigenvalue weighted by Crippen LogP contribution is -2.42. The van der Waals surface area contributed by atoms with Crippen molar-refractivity contribution >= 4 is 28.8 Å². The van der Waals surface area contributed by atoms with Gasteiger partial charge in [0.15, 0.2) is 0 Å². The van der Waals surface area contributed by atoms with E-state index in [9.17, 15) is 13.2 Å². The van der Waals surface area contributed by atoms with Gasteiger partial charge < -0.3 is 10.6 Å². The molecule has 3 nitrogen and oxygen atoms in total. The van der Waals surface area contributed by atoms with Crippen LogP contribution < -0.4 is 5.73 Å². The highest BCUT2D eigenvalue weighted by molar-refractivity contribution is 7.16. The summed E-state index contributed by atoms with van der Waals surface area (Å²) in [5, 5.41) is 7.00. The van der Waals surface area contributed by atoms with Crippen molar-refractivity contribution in [2.75, 3.05) is 13.6 Å². The molecule has 1 heterocycles. The molecule has 0 aliphatic heterocycles. The van der Waals surface area contributed by atoms with Gasteiger partial charge in [0.2, 0.25) is 0 Å². The number of amidine groups is 1. The molecular formula is C10H13ClF3N3S. The van der Waals surface area contributed by atoms with E-state index in [-0.39, 0.29) is 6.54 Å². The summed E-state index contributed by atoms with van der Waals surface area (Å²) < 4.78 is 38.4. The van der Waals surface area contributed by atoms with E-state index in [0.29, 0.717) is 10.9 Å². The van der Waals surface area contributed by atoms with Crippen LogP contribution in [0.3, 0.4) is 0 Å². The Labute approximate surface area is 112 Å². The maximum Gasteiger partial charge on any atom is 0.399 e. The van der Waals surface area contributed by atoms with Gasteiger partial charge in [-0.3, -0.25) is 5.41 Å². The lowest BCUT2D eigenvalue weighted by molar-refractivity contribution is -0.159. The smallest absolute Gasteiger partial charge is 0.387 e. The Bertz CT molecular complexity index is 419. The number of halogens is 4. The molecule has 0 fully saturated rings. The number of nitrogens with one attached hydrogen (secondary N) is 1. The van der Waals surface area contributed by atoms with Crippen molar-refractivity contribution in [3.8, 4) is 0 Å². The molecule has 0 aliphatic carbocycles. The van der Waals surface area contributed by atoms with Gasteiger partial charge in [-0.15, -0.1) is 11.3 Å². The van der Waals surface area contributed by atoms with Gasteiger partial charge in [0, 0.05) is 18.0 Å². The summed E-state index contributed by atoms with van der Waals surface area (Å²) in [5.41, 5.74) is 4.99. The zero-order valence-corrected chi connectivity index (χ0v) is 11.2. The molecule has 1 unspecified atom stereocenters. The normalized spacial score (nSPS) is 13.9. The largest absolute Gasteiger partial charge is 0.399 e. The van der Waals surface area contributed by atoms with E-state index in [4.69, 9.17) is 22.7 Å². The van der Waals surface area contributed by atoms with Gasteiger partial charge in [-0.05, 0) is 19.2 Å². The first kappa shape index (κ1) is 15.3. The first-order valence-electron chi connectivity index (χ1n) is 5.03. The van der Waals surface area contributed by atoms with Gasteiger partial charge >= 0.3 is 6.18 Å². The van der Waals surface area contributed by atoms with Crippen molar-refractivity contribution in [3.05, 3.63) is 21.3 Å². The molecule has 0 saturated heterocycles. The number of hydrogen-bond donors (Lipinski definition) is 2. The third-order valence-electron chi connectivity index (χ3n) is 2.32. The Balaban J connectivity index is 2.62. The Morgan fingerprint density at radius 3 is 2.56 bits per heavy atom. The topological polar surface area (TPSA) is 53.1 Å². The average molecular weight is 300 g/mol. The highest BCUT2D eigenvalue weighted by atomic mass is 35.5. The quantitative estimate of drug-likeness (QED) is 0.649. The van der Waals surface area contributed by atoms with Crippen LogP contribution in [0.1, 0.15) is 4.88 Å². The lowest BCUT2D eigenvalue weighted by atomic mass is 10.1. The molecule has 102 valence electrons. The van der Waals surface area contributed by atoms with E-state index in [1.54, 1.807) is 19.2 Å². The summed E-state index contributed by atoms with van der Waals surface area (Å²) >= 11 is 7.06. The summed E-state index contributed by atoms with van der Waals surface area (Å²) in [7, 11) is 1.55. The molecule has 3 N–H and O–H groups in total. The molecule has 0 radical (unpaired) electrons. The van der Waals surface area contributed by atoms with E-state index >= 15 is 0 Å². The molecule has 8 heteroatoms. The summed E-state index contributed by atoms with van der Waals surface area (Å²) in [5.74, 6) is -2.79. The molecule has 0 spiro atoms. The van der Waals surface area contributed by atoms with Crippen LogP contribution in [0.25, 0.3) is 0 Å². The van der Waals surface area contributed by atoms with Gasteiger partial charge in [-0.1, -0.05) is 11.6 Å². The summed E-state index contributed by atoms with van der Waals surface area (Å²) in [6.07, 6.45) is -4.49. The monoisotopic (exact) mass is 299 g/mol. The van der Waals surface area contributed by atoms with E-state index in [1.807, 2.05) is 0 Å². The third kappa shape index (κ3) is 4.47. The molecule has 0 aliphatic rings. The van der Waals surface area contributed by atoms with Crippen molar-refractivity contribution in [1.29, 1.82) is 5.41 Å². The van der Waals surface area contributed by atoms with Crippen LogP contribution in [-0.4, -0.2) is 30.5 Å². The number of hydrogen-bond acceptors (Lipinski definition) is 3. The Morgan fingerprint density at radius 2 is 2.17 bits per heavy atom. The van der Waals surface area contributed by atoms with Crippen LogP contribution in [0.2, 0.25) is 4.34 Å². The minimum Gasteiger partial charge on any atom is -0.387 e. The minimum atomic E-state index is -4.49. The van der Waals surface area contributed by atoms with E-state index in [2.05, 4.69) is 0 Å². The van der Waals surface area contributed by atoms with E-state index < -0.39 is 17.9 Å². The number of alkyl halides is 3. The molecule has 1 aromatic rings. The van der Waals surface area contributed by atoms with Crippen molar-refractivity contribution in [2.45, 2.75) is 12.7 Å². The predicted octanol–water partition coefficient (Wildman–Crippen LogP) is 2.95. The van der Waals surface area contributed by atoms with Gasteiger partial charge in [0.05, 0.1) is 4.34 Å². The summed E-state index contributed by atoms with van der Waals surface area (Å²) in [4.78, 5) is 2.34. The molecular weight excluding hydrogens is 287 g/mol. The molecule has 0 bridgehead atoms. The fourth-order valence-corrected chi connectivity index (χ4v) is 2.63. The molecule has 1 aromatic heterocycles. The Hall–Kier alpha value is -0.790. The Kier molecular flexibility index (Phi) is 5.01. The standard InChI is InChI=1S/C10H13ClF3N3S/c1-17(4-6-2-3-8(11)18-6)5-7(9(15)16)10(12,13)14/h2-3,7H,4-5H2,1H3,(H3,15,16). The van der Waals surface area contributed by atoms with E-state index in [0.717, 1.165) is 4.88 Å². The van der Waals surface area contributed by atoms with Crippen LogP contribution >= 0.6 is 22.9 Å². The number of rotatable bonds is 5. The van der Waals surface area contributed by atoms with Gasteiger partial charge in [0.25, 0.3) is 0 Å². The first-order chi connectivity index (χ1) is 8.20. The van der Waals surface area contributed by atoms with Crippen molar-refractivity contribution in [3.63, 3.8) is 0 Å². The van der Waals surface area contributed by atoms with Crippen molar-refractivity contribution in [2.24, 2.45) is 11.7 Å². The maximum absolute atomic E-state index is 12.6. The average Bonchev–Trinajstić information content (AvgIpc) is 2.58.